The summed E-state index contributed by atoms with van der Waals surface area (Å²) in [5.41, 5.74) is 8.21. The maximum atomic E-state index is 12.6. The van der Waals surface area contributed by atoms with E-state index in [2.05, 4.69) is 17.4 Å². The fraction of sp³-hybridized carbons (Fsp3) is 0.350. The molecule has 2 aromatic carbocycles. The normalized spacial score (nSPS) is 21.4. The molecule has 2 aromatic rings. The molecule has 3 atom stereocenters. The number of carbonyl (C=O) groups is 1. The third kappa shape index (κ3) is 4.37. The summed E-state index contributed by atoms with van der Waals surface area (Å²) < 4.78 is 0. The van der Waals surface area contributed by atoms with Crippen molar-refractivity contribution in [2.24, 2.45) is 11.7 Å². The Morgan fingerprint density at radius 1 is 1.12 bits per heavy atom. The second-order valence-electron chi connectivity index (χ2n) is 6.57. The highest BCUT2D eigenvalue weighted by atomic mass is 35.5. The first-order chi connectivity index (χ1) is 11.6. The Kier molecular flexibility index (Phi) is 5.54. The zero-order chi connectivity index (χ0) is 16.9. The molecule has 0 radical (unpaired) electrons. The van der Waals surface area contributed by atoms with Crippen LogP contribution in [0.1, 0.15) is 36.4 Å². The first-order valence-electron chi connectivity index (χ1n) is 8.47. The van der Waals surface area contributed by atoms with Crippen LogP contribution in [0.2, 0.25) is 5.02 Å². The number of hydrogen-bond donors (Lipinski definition) is 2. The van der Waals surface area contributed by atoms with Crippen molar-refractivity contribution in [2.75, 3.05) is 0 Å². The summed E-state index contributed by atoms with van der Waals surface area (Å²) in [5.74, 6) is 0.155. The number of carbonyl (C=O) groups excluding carboxylic acids is 1. The Morgan fingerprint density at radius 2 is 1.83 bits per heavy atom. The van der Waals surface area contributed by atoms with E-state index in [9.17, 15) is 4.79 Å². The number of benzene rings is 2. The molecule has 3 unspecified atom stereocenters. The molecule has 0 saturated heterocycles. The van der Waals surface area contributed by atoms with Gasteiger partial charge in [0.1, 0.15) is 0 Å². The fourth-order valence-electron chi connectivity index (χ4n) is 3.34. The highest BCUT2D eigenvalue weighted by molar-refractivity contribution is 6.30. The van der Waals surface area contributed by atoms with Crippen molar-refractivity contribution >= 4 is 17.5 Å². The van der Waals surface area contributed by atoms with E-state index in [-0.39, 0.29) is 23.9 Å². The zero-order valence-electron chi connectivity index (χ0n) is 13.6. The number of amides is 1. The minimum absolute atomic E-state index is 0.0384. The molecule has 1 amide bonds. The van der Waals surface area contributed by atoms with Gasteiger partial charge in [0.15, 0.2) is 0 Å². The predicted molar refractivity (Wildman–Crippen MR) is 97.8 cm³/mol. The van der Waals surface area contributed by atoms with Crippen LogP contribution in [-0.2, 0) is 11.2 Å². The average molecular weight is 343 g/mol. The zero-order valence-corrected chi connectivity index (χ0v) is 14.4. The van der Waals surface area contributed by atoms with Crippen LogP contribution in [0, 0.1) is 5.92 Å². The summed E-state index contributed by atoms with van der Waals surface area (Å²) in [7, 11) is 0. The van der Waals surface area contributed by atoms with Gasteiger partial charge in [-0.2, -0.15) is 0 Å². The van der Waals surface area contributed by atoms with E-state index in [1.807, 2.05) is 42.5 Å². The second kappa shape index (κ2) is 7.82. The molecule has 4 heteroatoms. The number of nitrogens with two attached hydrogens (primary N) is 1. The summed E-state index contributed by atoms with van der Waals surface area (Å²) in [5, 5.41) is 3.95. The van der Waals surface area contributed by atoms with Gasteiger partial charge in [0.05, 0.1) is 6.04 Å². The Balaban J connectivity index is 1.75. The molecule has 0 aliphatic heterocycles. The summed E-state index contributed by atoms with van der Waals surface area (Å²) in [6, 6.07) is 18.0. The van der Waals surface area contributed by atoms with E-state index in [1.165, 1.54) is 0 Å². The molecule has 0 spiro atoms. The van der Waals surface area contributed by atoms with Gasteiger partial charge in [-0.1, -0.05) is 54.1 Å². The highest BCUT2D eigenvalue weighted by Gasteiger charge is 2.29. The number of hydrogen-bond acceptors (Lipinski definition) is 2. The lowest BCUT2D eigenvalue weighted by Gasteiger charge is -2.22. The molecular formula is C20H23ClN2O. The highest BCUT2D eigenvalue weighted by Crippen LogP contribution is 2.26. The molecule has 126 valence electrons. The van der Waals surface area contributed by atoms with E-state index in [0.717, 1.165) is 41.8 Å². The van der Waals surface area contributed by atoms with Crippen molar-refractivity contribution in [1.29, 1.82) is 0 Å². The Hall–Kier alpha value is -1.84. The standard InChI is InChI=1S/C20H23ClN2O/c21-17-9-6-14(7-10-17)12-19(15-4-2-1-3-5-15)23-20(24)16-8-11-18(22)13-16/h1-7,9-10,16,18-19H,8,11-13,22H2,(H,23,24). The van der Waals surface area contributed by atoms with Crippen molar-refractivity contribution in [1.82, 2.24) is 5.32 Å². The van der Waals surface area contributed by atoms with Gasteiger partial charge in [0.2, 0.25) is 5.91 Å². The molecule has 3 N–H and O–H groups in total. The lowest BCUT2D eigenvalue weighted by Crippen LogP contribution is -2.34. The van der Waals surface area contributed by atoms with Crippen LogP contribution in [0.25, 0.3) is 0 Å². The molecule has 0 bridgehead atoms. The van der Waals surface area contributed by atoms with Crippen LogP contribution in [0.3, 0.4) is 0 Å². The average Bonchev–Trinajstić information content (AvgIpc) is 3.03. The van der Waals surface area contributed by atoms with Crippen molar-refractivity contribution in [3.05, 3.63) is 70.7 Å². The summed E-state index contributed by atoms with van der Waals surface area (Å²) in [4.78, 5) is 12.6. The van der Waals surface area contributed by atoms with Gasteiger partial charge in [-0.25, -0.2) is 0 Å². The Morgan fingerprint density at radius 3 is 2.46 bits per heavy atom. The van der Waals surface area contributed by atoms with Crippen molar-refractivity contribution in [2.45, 2.75) is 37.8 Å². The van der Waals surface area contributed by atoms with E-state index >= 15 is 0 Å². The molecule has 24 heavy (non-hydrogen) atoms. The molecule has 1 saturated carbocycles. The van der Waals surface area contributed by atoms with Gasteiger partial charge < -0.3 is 11.1 Å². The first-order valence-corrected chi connectivity index (χ1v) is 8.85. The Labute approximate surface area is 148 Å². The van der Waals surface area contributed by atoms with Gasteiger partial charge in [-0.05, 0) is 48.9 Å². The largest absolute Gasteiger partial charge is 0.349 e. The van der Waals surface area contributed by atoms with Crippen LogP contribution in [0.5, 0.6) is 0 Å². The molecule has 3 nitrogen and oxygen atoms in total. The minimum atomic E-state index is -0.0447. The van der Waals surface area contributed by atoms with Crippen LogP contribution in [-0.4, -0.2) is 11.9 Å². The van der Waals surface area contributed by atoms with E-state index in [1.54, 1.807) is 0 Å². The fourth-order valence-corrected chi connectivity index (χ4v) is 3.46. The van der Waals surface area contributed by atoms with Crippen molar-refractivity contribution in [3.63, 3.8) is 0 Å². The number of nitrogens with one attached hydrogen (secondary N) is 1. The van der Waals surface area contributed by atoms with Gasteiger partial charge in [-0.15, -0.1) is 0 Å². The van der Waals surface area contributed by atoms with Crippen LogP contribution in [0.4, 0.5) is 0 Å². The van der Waals surface area contributed by atoms with Gasteiger partial charge in [-0.3, -0.25) is 4.79 Å². The third-order valence-electron chi connectivity index (χ3n) is 4.72. The first kappa shape index (κ1) is 17.0. The molecule has 0 aromatic heterocycles. The van der Waals surface area contributed by atoms with Crippen LogP contribution >= 0.6 is 11.6 Å². The number of halogens is 1. The maximum Gasteiger partial charge on any atom is 0.223 e. The summed E-state index contributed by atoms with van der Waals surface area (Å²) in [6.07, 6.45) is 3.35. The van der Waals surface area contributed by atoms with E-state index in [0.29, 0.717) is 0 Å². The quantitative estimate of drug-likeness (QED) is 0.866. The smallest absolute Gasteiger partial charge is 0.223 e. The molecule has 1 aliphatic carbocycles. The topological polar surface area (TPSA) is 55.1 Å². The van der Waals surface area contributed by atoms with Crippen LogP contribution in [0.15, 0.2) is 54.6 Å². The van der Waals surface area contributed by atoms with Gasteiger partial charge in [0.25, 0.3) is 0 Å². The van der Waals surface area contributed by atoms with Crippen LogP contribution < -0.4 is 11.1 Å². The monoisotopic (exact) mass is 342 g/mol. The SMILES string of the molecule is NC1CCC(C(=O)NC(Cc2ccc(Cl)cc2)c2ccccc2)C1. The van der Waals surface area contributed by atoms with Crippen molar-refractivity contribution < 1.29 is 4.79 Å². The van der Waals surface area contributed by atoms with Gasteiger partial charge >= 0.3 is 0 Å². The predicted octanol–water partition coefficient (Wildman–Crippen LogP) is 3.87. The lowest BCUT2D eigenvalue weighted by molar-refractivity contribution is -0.125. The molecule has 1 fully saturated rings. The molecule has 0 heterocycles. The molecule has 1 aliphatic rings. The Bertz CT molecular complexity index is 672. The second-order valence-corrected chi connectivity index (χ2v) is 7.01. The summed E-state index contributed by atoms with van der Waals surface area (Å²) in [6.45, 7) is 0. The maximum absolute atomic E-state index is 12.6. The summed E-state index contributed by atoms with van der Waals surface area (Å²) >= 11 is 5.97. The van der Waals surface area contributed by atoms with E-state index < -0.39 is 0 Å². The molecular weight excluding hydrogens is 320 g/mol. The third-order valence-corrected chi connectivity index (χ3v) is 4.97. The number of rotatable bonds is 5. The lowest BCUT2D eigenvalue weighted by atomic mass is 9.97. The van der Waals surface area contributed by atoms with E-state index in [4.69, 9.17) is 17.3 Å². The van der Waals surface area contributed by atoms with Gasteiger partial charge in [0, 0.05) is 17.0 Å². The minimum Gasteiger partial charge on any atom is -0.349 e. The van der Waals surface area contributed by atoms with Crippen molar-refractivity contribution in [3.8, 4) is 0 Å². The molecule has 3 rings (SSSR count).